The van der Waals surface area contributed by atoms with Crippen LogP contribution in [0.25, 0.3) is 0 Å². The van der Waals surface area contributed by atoms with E-state index in [1.54, 1.807) is 6.20 Å². The molecule has 0 amide bonds. The fraction of sp³-hybridized carbons (Fsp3) is 0.444. The van der Waals surface area contributed by atoms with Crippen molar-refractivity contribution in [3.05, 3.63) is 83.3 Å². The molecular formula is C27H31F3N2O3. The first-order valence-electron chi connectivity index (χ1n) is 12.0. The van der Waals surface area contributed by atoms with Crippen molar-refractivity contribution in [3.63, 3.8) is 0 Å². The van der Waals surface area contributed by atoms with Gasteiger partial charge in [0.15, 0.2) is 17.4 Å². The van der Waals surface area contributed by atoms with Crippen LogP contribution in [0.2, 0.25) is 0 Å². The number of nitrogens with zero attached hydrogens (tertiary/aromatic N) is 2. The van der Waals surface area contributed by atoms with Crippen LogP contribution in [0.5, 0.6) is 0 Å². The lowest BCUT2D eigenvalue weighted by molar-refractivity contribution is -0.114. The number of rotatable bonds is 7. The Morgan fingerprint density at radius 1 is 1.00 bits per heavy atom. The molecule has 0 aliphatic carbocycles. The number of piperidine rings is 2. The monoisotopic (exact) mass is 488 g/mol. The Balaban J connectivity index is 1.23. The van der Waals surface area contributed by atoms with E-state index in [1.807, 2.05) is 17.0 Å². The second kappa shape index (κ2) is 10.9. The van der Waals surface area contributed by atoms with Gasteiger partial charge in [0.2, 0.25) is 0 Å². The number of carbonyl (C=O) groups is 1. The number of aliphatic hydroxyl groups is 2. The molecule has 8 heteroatoms. The molecule has 0 spiro atoms. The van der Waals surface area contributed by atoms with Crippen LogP contribution in [-0.4, -0.2) is 70.2 Å². The summed E-state index contributed by atoms with van der Waals surface area (Å²) < 4.78 is 39.6. The summed E-state index contributed by atoms with van der Waals surface area (Å²) >= 11 is 0. The highest BCUT2D eigenvalue weighted by atomic mass is 19.2. The average molecular weight is 489 g/mol. The number of hydrogen-bond donors (Lipinski definition) is 2. The summed E-state index contributed by atoms with van der Waals surface area (Å²) in [6.45, 7) is 2.91. The topological polar surface area (TPSA) is 64.0 Å². The van der Waals surface area contributed by atoms with Crippen molar-refractivity contribution in [1.82, 2.24) is 9.80 Å². The van der Waals surface area contributed by atoms with E-state index in [-0.39, 0.29) is 11.4 Å². The summed E-state index contributed by atoms with van der Waals surface area (Å²) in [7, 11) is 0. The van der Waals surface area contributed by atoms with Crippen molar-refractivity contribution in [2.75, 3.05) is 32.7 Å². The molecule has 5 nitrogen and oxygen atoms in total. The SMILES string of the molecule is O=C(C=CN1CCC(O)(C(O)CN2CCC(c3ccc(F)cc3)CC2)CC1)c1ccc(F)c(F)c1. The third kappa shape index (κ3) is 6.31. The maximum Gasteiger partial charge on any atom is 0.187 e. The van der Waals surface area contributed by atoms with E-state index < -0.39 is 29.1 Å². The predicted molar refractivity (Wildman–Crippen MR) is 126 cm³/mol. The molecule has 2 saturated heterocycles. The quantitative estimate of drug-likeness (QED) is 0.458. The Morgan fingerprint density at radius 3 is 2.29 bits per heavy atom. The number of aliphatic hydroxyl groups excluding tert-OH is 1. The Labute approximate surface area is 203 Å². The molecule has 0 saturated carbocycles. The number of halogens is 3. The molecule has 188 valence electrons. The van der Waals surface area contributed by atoms with Crippen LogP contribution < -0.4 is 0 Å². The van der Waals surface area contributed by atoms with Gasteiger partial charge in [-0.05, 0) is 80.6 Å². The second-order valence-corrected chi connectivity index (χ2v) is 9.59. The van der Waals surface area contributed by atoms with Gasteiger partial charge in [0.05, 0.1) is 11.7 Å². The van der Waals surface area contributed by atoms with Gasteiger partial charge in [0.1, 0.15) is 5.82 Å². The number of allylic oxidation sites excluding steroid dienone is 1. The van der Waals surface area contributed by atoms with Gasteiger partial charge in [0, 0.05) is 37.5 Å². The molecule has 4 rings (SSSR count). The minimum Gasteiger partial charge on any atom is -0.389 e. The third-order valence-electron chi connectivity index (χ3n) is 7.29. The first-order chi connectivity index (χ1) is 16.7. The first-order valence-corrected chi connectivity index (χ1v) is 12.0. The highest BCUT2D eigenvalue weighted by Gasteiger charge is 2.39. The lowest BCUT2D eigenvalue weighted by Crippen LogP contribution is -2.54. The van der Waals surface area contributed by atoms with E-state index in [1.165, 1.54) is 24.3 Å². The molecule has 1 unspecified atom stereocenters. The minimum atomic E-state index is -1.21. The van der Waals surface area contributed by atoms with E-state index in [4.69, 9.17) is 0 Å². The lowest BCUT2D eigenvalue weighted by Gasteiger charge is -2.43. The molecule has 2 aromatic carbocycles. The molecule has 2 N–H and O–H groups in total. The number of likely N-dealkylation sites (tertiary alicyclic amines) is 2. The van der Waals surface area contributed by atoms with Gasteiger partial charge in [-0.2, -0.15) is 0 Å². The Bertz CT molecular complexity index is 1040. The molecule has 35 heavy (non-hydrogen) atoms. The standard InChI is InChI=1S/C27H31F3N2O3/c28-22-4-1-19(2-5-22)20-7-12-32(13-8-20)18-26(34)27(35)10-15-31(16-11-27)14-9-25(33)21-3-6-23(29)24(30)17-21/h1-6,9,14,17,20,26,34-35H,7-8,10-13,15-16,18H2. The lowest BCUT2D eigenvalue weighted by atomic mass is 9.84. The maximum absolute atomic E-state index is 13.3. The number of ketones is 1. The highest BCUT2D eigenvalue weighted by molar-refractivity contribution is 6.04. The van der Waals surface area contributed by atoms with Crippen LogP contribution >= 0.6 is 0 Å². The molecule has 0 radical (unpaired) electrons. The smallest absolute Gasteiger partial charge is 0.187 e. The summed E-state index contributed by atoms with van der Waals surface area (Å²) in [6.07, 6.45) is 4.55. The van der Waals surface area contributed by atoms with Gasteiger partial charge < -0.3 is 20.0 Å². The van der Waals surface area contributed by atoms with E-state index in [2.05, 4.69) is 4.90 Å². The molecule has 1 atom stereocenters. The number of β-amino-alcohol motifs (C(OH)–C–C–N with tert-alkyl or cyclic N) is 1. The van der Waals surface area contributed by atoms with Crippen molar-refractivity contribution in [2.24, 2.45) is 0 Å². The number of hydrogen-bond acceptors (Lipinski definition) is 5. The zero-order valence-electron chi connectivity index (χ0n) is 19.5. The predicted octanol–water partition coefficient (Wildman–Crippen LogP) is 3.87. The fourth-order valence-corrected chi connectivity index (χ4v) is 4.91. The van der Waals surface area contributed by atoms with E-state index in [9.17, 15) is 28.2 Å². The maximum atomic E-state index is 13.3. The number of benzene rings is 2. The highest BCUT2D eigenvalue weighted by Crippen LogP contribution is 2.31. The summed E-state index contributed by atoms with van der Waals surface area (Å²) in [5.74, 6) is -2.37. The fourth-order valence-electron chi connectivity index (χ4n) is 4.91. The van der Waals surface area contributed by atoms with Gasteiger partial charge >= 0.3 is 0 Å². The van der Waals surface area contributed by atoms with Crippen LogP contribution in [0.4, 0.5) is 13.2 Å². The van der Waals surface area contributed by atoms with Gasteiger partial charge in [-0.1, -0.05) is 12.1 Å². The minimum absolute atomic E-state index is 0.0623. The van der Waals surface area contributed by atoms with Gasteiger partial charge in [-0.3, -0.25) is 4.79 Å². The average Bonchev–Trinajstić information content (AvgIpc) is 2.86. The van der Waals surface area contributed by atoms with E-state index in [0.717, 1.165) is 43.6 Å². The molecular weight excluding hydrogens is 457 g/mol. The first kappa shape index (κ1) is 25.4. The third-order valence-corrected chi connectivity index (χ3v) is 7.29. The van der Waals surface area contributed by atoms with Crippen LogP contribution in [-0.2, 0) is 0 Å². The van der Waals surface area contributed by atoms with E-state index >= 15 is 0 Å². The summed E-state index contributed by atoms with van der Waals surface area (Å²) in [5, 5.41) is 21.9. The van der Waals surface area contributed by atoms with Crippen LogP contribution in [0.3, 0.4) is 0 Å². The second-order valence-electron chi connectivity index (χ2n) is 9.59. The molecule has 2 fully saturated rings. The molecule has 0 aromatic heterocycles. The van der Waals surface area contributed by atoms with Gasteiger partial charge in [-0.15, -0.1) is 0 Å². The van der Waals surface area contributed by atoms with Gasteiger partial charge in [0.25, 0.3) is 0 Å². The summed E-state index contributed by atoms with van der Waals surface area (Å²) in [5.41, 5.74) is -0.0108. The Morgan fingerprint density at radius 2 is 1.66 bits per heavy atom. The molecule has 2 heterocycles. The van der Waals surface area contributed by atoms with Crippen molar-refractivity contribution < 1.29 is 28.2 Å². The zero-order chi connectivity index (χ0) is 25.0. The van der Waals surface area contributed by atoms with Crippen LogP contribution in [0.15, 0.2) is 54.7 Å². The molecule has 0 bridgehead atoms. The summed E-state index contributed by atoms with van der Waals surface area (Å²) in [6, 6.07) is 9.67. The zero-order valence-corrected chi connectivity index (χ0v) is 19.5. The van der Waals surface area contributed by atoms with E-state index in [0.29, 0.717) is 38.4 Å². The van der Waals surface area contributed by atoms with Crippen molar-refractivity contribution in [2.45, 2.75) is 43.3 Å². The normalized spacial score (nSPS) is 20.3. The van der Waals surface area contributed by atoms with Gasteiger partial charge in [-0.25, -0.2) is 13.2 Å². The summed E-state index contributed by atoms with van der Waals surface area (Å²) in [4.78, 5) is 16.3. The Hall–Kier alpha value is -2.68. The Kier molecular flexibility index (Phi) is 7.94. The van der Waals surface area contributed by atoms with Crippen LogP contribution in [0.1, 0.15) is 47.5 Å². The van der Waals surface area contributed by atoms with Crippen molar-refractivity contribution in [3.8, 4) is 0 Å². The van der Waals surface area contributed by atoms with Crippen molar-refractivity contribution in [1.29, 1.82) is 0 Å². The molecule has 2 aliphatic heterocycles. The van der Waals surface area contributed by atoms with Crippen molar-refractivity contribution >= 4 is 5.78 Å². The molecule has 2 aliphatic rings. The van der Waals surface area contributed by atoms with Crippen LogP contribution in [0, 0.1) is 17.5 Å². The number of carbonyl (C=O) groups excluding carboxylic acids is 1. The molecule has 2 aromatic rings. The largest absolute Gasteiger partial charge is 0.389 e.